The molecule has 0 radical (unpaired) electrons. The number of halogens is 1. The first-order valence-electron chi connectivity index (χ1n) is 8.44. The summed E-state index contributed by atoms with van der Waals surface area (Å²) in [5, 5.41) is 15.7. The van der Waals surface area contributed by atoms with Gasteiger partial charge in [0.2, 0.25) is 5.60 Å². The van der Waals surface area contributed by atoms with E-state index in [0.29, 0.717) is 22.5 Å². The van der Waals surface area contributed by atoms with Gasteiger partial charge in [0.15, 0.2) is 5.78 Å². The van der Waals surface area contributed by atoms with Crippen molar-refractivity contribution in [3.63, 3.8) is 0 Å². The van der Waals surface area contributed by atoms with Crippen molar-refractivity contribution in [1.82, 2.24) is 0 Å². The highest BCUT2D eigenvalue weighted by atomic mass is 19.1. The number of anilines is 1. The van der Waals surface area contributed by atoms with Crippen molar-refractivity contribution in [1.29, 1.82) is 0 Å². The first-order chi connectivity index (χ1) is 13.3. The number of aliphatic carboxylic acids is 1. The number of hydrogen-bond acceptors (Lipinski definition) is 5. The zero-order valence-electron chi connectivity index (χ0n) is 14.9. The average molecular weight is 384 g/mol. The quantitative estimate of drug-likeness (QED) is 0.745. The van der Waals surface area contributed by atoms with Crippen LogP contribution in [0.4, 0.5) is 10.1 Å². The number of nitrogens with one attached hydrogen (secondary N) is 1. The molecular weight excluding hydrogens is 367 g/mol. The summed E-state index contributed by atoms with van der Waals surface area (Å²) in [6, 6.07) is 11.6. The maximum atomic E-state index is 13.1. The first-order valence-corrected chi connectivity index (χ1v) is 8.44. The molecule has 1 aliphatic heterocycles. The Labute approximate surface area is 159 Å². The van der Waals surface area contributed by atoms with Crippen molar-refractivity contribution in [2.45, 2.75) is 25.4 Å². The number of hydrogen-bond donors (Lipinski definition) is 2. The maximum Gasteiger partial charge on any atom is 0.308 e. The molecule has 3 rings (SSSR count). The molecule has 2 aromatic carbocycles. The van der Waals surface area contributed by atoms with Crippen LogP contribution in [-0.4, -0.2) is 34.1 Å². The molecule has 2 N–H and O–H groups in total. The lowest BCUT2D eigenvalue weighted by Gasteiger charge is -2.23. The van der Waals surface area contributed by atoms with Gasteiger partial charge in [-0.05, 0) is 48.9 Å². The molecule has 1 heterocycles. The van der Waals surface area contributed by atoms with E-state index in [1.165, 1.54) is 31.2 Å². The van der Waals surface area contributed by atoms with Crippen molar-refractivity contribution < 1.29 is 28.7 Å². The first kappa shape index (κ1) is 19.2. The summed E-state index contributed by atoms with van der Waals surface area (Å²) < 4.78 is 13.1. The Kier molecular flexibility index (Phi) is 5.21. The van der Waals surface area contributed by atoms with E-state index >= 15 is 0 Å². The fraction of sp³-hybridized carbons (Fsp3) is 0.200. The van der Waals surface area contributed by atoms with Crippen LogP contribution in [0.5, 0.6) is 0 Å². The number of rotatable bonds is 6. The van der Waals surface area contributed by atoms with E-state index in [9.17, 15) is 23.9 Å². The minimum Gasteiger partial charge on any atom is -0.481 e. The zero-order chi connectivity index (χ0) is 20.3. The van der Waals surface area contributed by atoms with E-state index < -0.39 is 29.7 Å². The Morgan fingerprint density at radius 3 is 2.36 bits per heavy atom. The van der Waals surface area contributed by atoms with Crippen LogP contribution in [0.3, 0.4) is 0 Å². The molecule has 0 aliphatic carbocycles. The third kappa shape index (κ3) is 4.06. The summed E-state index contributed by atoms with van der Waals surface area (Å²) in [5.41, 5.74) is 0.0286. The Morgan fingerprint density at radius 1 is 1.14 bits per heavy atom. The molecule has 0 fully saturated rings. The van der Waals surface area contributed by atoms with E-state index in [-0.39, 0.29) is 12.2 Å². The molecule has 28 heavy (non-hydrogen) atoms. The predicted octanol–water partition coefficient (Wildman–Crippen LogP) is 3.00. The van der Waals surface area contributed by atoms with Gasteiger partial charge < -0.3 is 15.3 Å². The summed E-state index contributed by atoms with van der Waals surface area (Å²) in [6.45, 7) is 1.43. The van der Waals surface area contributed by atoms with Crippen LogP contribution in [0.25, 0.3) is 0 Å². The fourth-order valence-electron chi connectivity index (χ4n) is 2.85. The number of nitrogens with zero attached hydrogens (tertiary/aromatic N) is 1. The second-order valence-corrected chi connectivity index (χ2v) is 6.47. The number of amides is 1. The third-order valence-corrected chi connectivity index (χ3v) is 4.36. The van der Waals surface area contributed by atoms with Gasteiger partial charge in [-0.1, -0.05) is 17.3 Å². The lowest BCUT2D eigenvalue weighted by Crippen LogP contribution is -2.45. The minimum absolute atomic E-state index is 0.0811. The maximum absolute atomic E-state index is 13.1. The molecule has 7 nitrogen and oxygen atoms in total. The summed E-state index contributed by atoms with van der Waals surface area (Å²) in [4.78, 5) is 40.8. The molecule has 0 unspecified atom stereocenters. The molecule has 0 saturated heterocycles. The lowest BCUT2D eigenvalue weighted by molar-refractivity contribution is -0.152. The summed E-state index contributed by atoms with van der Waals surface area (Å²) in [5.74, 6) is -2.44. The highest BCUT2D eigenvalue weighted by Crippen LogP contribution is 2.32. The normalized spacial score (nSPS) is 18.1. The van der Waals surface area contributed by atoms with Crippen molar-refractivity contribution in [3.05, 3.63) is 65.5 Å². The summed E-state index contributed by atoms with van der Waals surface area (Å²) in [7, 11) is 0. The number of oxime groups is 1. The minimum atomic E-state index is -1.73. The Hall–Kier alpha value is -3.55. The van der Waals surface area contributed by atoms with E-state index in [0.717, 1.165) is 0 Å². The average Bonchev–Trinajstić information content (AvgIpc) is 3.07. The van der Waals surface area contributed by atoms with E-state index in [2.05, 4.69) is 10.5 Å². The summed E-state index contributed by atoms with van der Waals surface area (Å²) in [6.07, 6.45) is -0.680. The number of benzene rings is 2. The summed E-state index contributed by atoms with van der Waals surface area (Å²) >= 11 is 0. The monoisotopic (exact) mass is 384 g/mol. The molecule has 2 aromatic rings. The van der Waals surface area contributed by atoms with Crippen LogP contribution >= 0.6 is 0 Å². The van der Waals surface area contributed by atoms with Gasteiger partial charge >= 0.3 is 5.97 Å². The molecule has 1 amide bonds. The Morgan fingerprint density at radius 2 is 1.79 bits per heavy atom. The molecule has 8 heteroatoms. The number of carboxylic acid groups (broad SMARTS) is 1. The van der Waals surface area contributed by atoms with Crippen molar-refractivity contribution in [2.24, 2.45) is 5.16 Å². The van der Waals surface area contributed by atoms with Crippen LogP contribution in [0, 0.1) is 5.82 Å². The van der Waals surface area contributed by atoms with Crippen LogP contribution in [0.1, 0.15) is 35.7 Å². The van der Waals surface area contributed by atoms with Crippen molar-refractivity contribution in [2.75, 3.05) is 5.32 Å². The molecule has 0 saturated carbocycles. The number of carbonyl (C=O) groups is 3. The number of Topliss-reactive ketones (excluding diaryl/α,β-unsaturated/α-hetero) is 1. The van der Waals surface area contributed by atoms with Crippen LogP contribution in [0.2, 0.25) is 0 Å². The van der Waals surface area contributed by atoms with Gasteiger partial charge in [0.05, 0.1) is 12.1 Å². The molecule has 1 atom stereocenters. The fourth-order valence-corrected chi connectivity index (χ4v) is 2.85. The molecule has 1 aliphatic rings. The zero-order valence-corrected chi connectivity index (χ0v) is 14.9. The smallest absolute Gasteiger partial charge is 0.308 e. The molecule has 0 bridgehead atoms. The van der Waals surface area contributed by atoms with Crippen molar-refractivity contribution >= 4 is 29.1 Å². The molecular formula is C20H17FN2O5. The topological polar surface area (TPSA) is 105 Å². The van der Waals surface area contributed by atoms with Gasteiger partial charge in [-0.2, -0.15) is 0 Å². The number of carbonyl (C=O) groups excluding carboxylic acids is 2. The van der Waals surface area contributed by atoms with E-state index in [1.807, 2.05) is 0 Å². The van der Waals surface area contributed by atoms with Gasteiger partial charge in [0.25, 0.3) is 5.91 Å². The van der Waals surface area contributed by atoms with Crippen LogP contribution in [-0.2, 0) is 14.4 Å². The van der Waals surface area contributed by atoms with Gasteiger partial charge in [-0.25, -0.2) is 4.39 Å². The molecule has 144 valence electrons. The van der Waals surface area contributed by atoms with Gasteiger partial charge in [0, 0.05) is 17.7 Å². The van der Waals surface area contributed by atoms with E-state index in [1.54, 1.807) is 24.3 Å². The largest absolute Gasteiger partial charge is 0.481 e. The van der Waals surface area contributed by atoms with Gasteiger partial charge in [-0.3, -0.25) is 14.4 Å². The highest BCUT2D eigenvalue weighted by molar-refractivity contribution is 6.09. The predicted molar refractivity (Wildman–Crippen MR) is 98.7 cm³/mol. The van der Waals surface area contributed by atoms with Crippen LogP contribution < -0.4 is 5.32 Å². The van der Waals surface area contributed by atoms with Crippen LogP contribution in [0.15, 0.2) is 53.7 Å². The van der Waals surface area contributed by atoms with Gasteiger partial charge in [-0.15, -0.1) is 0 Å². The SMILES string of the molecule is CC(=O)c1ccc(NC(=O)[C@@]2(CC(=O)O)CC(c3ccc(F)cc3)=NO2)cc1. The van der Waals surface area contributed by atoms with Gasteiger partial charge in [0.1, 0.15) is 5.82 Å². The number of ketones is 1. The second kappa shape index (κ2) is 7.59. The Bertz CT molecular complexity index is 954. The number of carboxylic acids is 1. The van der Waals surface area contributed by atoms with E-state index in [4.69, 9.17) is 4.84 Å². The Balaban J connectivity index is 1.80. The highest BCUT2D eigenvalue weighted by Gasteiger charge is 2.48. The standard InChI is InChI=1S/C20H17FN2O5/c1-12(24)13-4-8-16(9-5-13)22-19(27)20(11-18(25)26)10-17(23-28-20)14-2-6-15(21)7-3-14/h2-9H,10-11H2,1H3,(H,22,27)(H,25,26)/t20-/m0/s1. The second-order valence-electron chi connectivity index (χ2n) is 6.47. The lowest BCUT2D eigenvalue weighted by atomic mass is 9.90. The molecule has 0 aromatic heterocycles. The van der Waals surface area contributed by atoms with Crippen molar-refractivity contribution in [3.8, 4) is 0 Å². The third-order valence-electron chi connectivity index (χ3n) is 4.36. The molecule has 0 spiro atoms.